The van der Waals surface area contributed by atoms with Gasteiger partial charge in [0.25, 0.3) is 0 Å². The Morgan fingerprint density at radius 2 is 2.00 bits per heavy atom. The Morgan fingerprint density at radius 1 is 1.26 bits per heavy atom. The van der Waals surface area contributed by atoms with Crippen LogP contribution in [-0.4, -0.2) is 21.0 Å². The number of benzene rings is 1. The summed E-state index contributed by atoms with van der Waals surface area (Å²) < 4.78 is 52.0. The third-order valence-corrected chi connectivity index (χ3v) is 4.77. The molecule has 2 atom stereocenters. The SMILES string of the molecule is NC1CCC(CNS(=O)(=O)c2ccc(F)c(F)c2)C1. The van der Waals surface area contributed by atoms with E-state index in [2.05, 4.69) is 4.72 Å². The molecule has 0 amide bonds. The van der Waals surface area contributed by atoms with Gasteiger partial charge in [-0.1, -0.05) is 0 Å². The molecule has 0 radical (unpaired) electrons. The predicted octanol–water partition coefficient (Wildman–Crippen LogP) is 1.37. The zero-order chi connectivity index (χ0) is 14.0. The highest BCUT2D eigenvalue weighted by molar-refractivity contribution is 7.89. The third-order valence-electron chi connectivity index (χ3n) is 3.35. The molecule has 0 aromatic heterocycles. The Hall–Kier alpha value is -1.05. The van der Waals surface area contributed by atoms with Gasteiger partial charge in [0, 0.05) is 12.6 Å². The maximum absolute atomic E-state index is 13.0. The fraction of sp³-hybridized carbons (Fsp3) is 0.500. The molecule has 1 aromatic carbocycles. The molecule has 0 heterocycles. The lowest BCUT2D eigenvalue weighted by atomic mass is 10.1. The van der Waals surface area contributed by atoms with Crippen LogP contribution in [0.25, 0.3) is 0 Å². The molecule has 1 aliphatic carbocycles. The molecule has 106 valence electrons. The van der Waals surface area contributed by atoms with E-state index in [1.807, 2.05) is 0 Å². The summed E-state index contributed by atoms with van der Waals surface area (Å²) in [5.41, 5.74) is 5.74. The van der Waals surface area contributed by atoms with Crippen molar-refractivity contribution in [2.24, 2.45) is 11.7 Å². The first-order valence-electron chi connectivity index (χ1n) is 6.09. The average Bonchev–Trinajstić information content (AvgIpc) is 2.76. The van der Waals surface area contributed by atoms with Crippen molar-refractivity contribution in [2.45, 2.75) is 30.2 Å². The van der Waals surface area contributed by atoms with Gasteiger partial charge < -0.3 is 5.73 Å². The number of sulfonamides is 1. The Labute approximate surface area is 111 Å². The third kappa shape index (κ3) is 3.49. The van der Waals surface area contributed by atoms with E-state index < -0.39 is 21.7 Å². The summed E-state index contributed by atoms with van der Waals surface area (Å²) in [7, 11) is -3.80. The molecule has 7 heteroatoms. The summed E-state index contributed by atoms with van der Waals surface area (Å²) in [6, 6.07) is 2.65. The molecule has 1 saturated carbocycles. The highest BCUT2D eigenvalue weighted by atomic mass is 32.2. The molecule has 0 saturated heterocycles. The lowest BCUT2D eigenvalue weighted by molar-refractivity contribution is 0.500. The minimum Gasteiger partial charge on any atom is -0.328 e. The highest BCUT2D eigenvalue weighted by Gasteiger charge is 2.24. The molecular formula is C12H16F2N2O2S. The molecule has 1 aliphatic rings. The van der Waals surface area contributed by atoms with Crippen molar-refractivity contribution >= 4 is 10.0 Å². The second-order valence-corrected chi connectivity index (χ2v) is 6.63. The van der Waals surface area contributed by atoms with Gasteiger partial charge in [-0.15, -0.1) is 0 Å². The van der Waals surface area contributed by atoms with E-state index in [0.717, 1.165) is 31.4 Å². The molecule has 3 N–H and O–H groups in total. The number of hydrogen-bond acceptors (Lipinski definition) is 3. The lowest BCUT2D eigenvalue weighted by Gasteiger charge is -2.11. The monoisotopic (exact) mass is 290 g/mol. The summed E-state index contributed by atoms with van der Waals surface area (Å²) >= 11 is 0. The van der Waals surface area contributed by atoms with Gasteiger partial charge in [0.1, 0.15) is 0 Å². The van der Waals surface area contributed by atoms with Gasteiger partial charge in [0.15, 0.2) is 11.6 Å². The minimum atomic E-state index is -3.80. The van der Waals surface area contributed by atoms with Crippen LogP contribution in [-0.2, 0) is 10.0 Å². The van der Waals surface area contributed by atoms with E-state index >= 15 is 0 Å². The van der Waals surface area contributed by atoms with E-state index in [4.69, 9.17) is 5.73 Å². The molecular weight excluding hydrogens is 274 g/mol. The van der Waals surface area contributed by atoms with Crippen molar-refractivity contribution in [3.05, 3.63) is 29.8 Å². The molecule has 19 heavy (non-hydrogen) atoms. The number of hydrogen-bond donors (Lipinski definition) is 2. The maximum atomic E-state index is 13.0. The average molecular weight is 290 g/mol. The smallest absolute Gasteiger partial charge is 0.240 e. The zero-order valence-corrected chi connectivity index (χ0v) is 11.1. The predicted molar refractivity (Wildman–Crippen MR) is 66.9 cm³/mol. The Bertz CT molecular complexity index is 563. The zero-order valence-electron chi connectivity index (χ0n) is 10.3. The van der Waals surface area contributed by atoms with Crippen molar-refractivity contribution in [1.82, 2.24) is 4.72 Å². The van der Waals surface area contributed by atoms with E-state index in [1.54, 1.807) is 0 Å². The molecule has 4 nitrogen and oxygen atoms in total. The van der Waals surface area contributed by atoms with Crippen molar-refractivity contribution in [2.75, 3.05) is 6.54 Å². The standard InChI is InChI=1S/C12H16F2N2O2S/c13-11-4-3-10(6-12(11)14)19(17,18)16-7-8-1-2-9(15)5-8/h3-4,6,8-9,16H,1-2,5,7,15H2. The van der Waals surface area contributed by atoms with Crippen LogP contribution in [0.5, 0.6) is 0 Å². The van der Waals surface area contributed by atoms with Crippen molar-refractivity contribution in [1.29, 1.82) is 0 Å². The topological polar surface area (TPSA) is 72.2 Å². The van der Waals surface area contributed by atoms with Crippen LogP contribution >= 0.6 is 0 Å². The van der Waals surface area contributed by atoms with E-state index in [9.17, 15) is 17.2 Å². The fourth-order valence-electron chi connectivity index (χ4n) is 2.25. The minimum absolute atomic E-state index is 0.123. The van der Waals surface area contributed by atoms with Crippen LogP contribution in [0.15, 0.2) is 23.1 Å². The normalized spacial score (nSPS) is 23.7. The first-order valence-corrected chi connectivity index (χ1v) is 7.57. The van der Waals surface area contributed by atoms with Gasteiger partial charge >= 0.3 is 0 Å². The van der Waals surface area contributed by atoms with Crippen LogP contribution in [0.1, 0.15) is 19.3 Å². The quantitative estimate of drug-likeness (QED) is 0.879. The second kappa shape index (κ2) is 5.52. The maximum Gasteiger partial charge on any atom is 0.240 e. The van der Waals surface area contributed by atoms with Gasteiger partial charge in [-0.2, -0.15) is 0 Å². The number of halogens is 2. The lowest BCUT2D eigenvalue weighted by Crippen LogP contribution is -2.29. The number of rotatable bonds is 4. The van der Waals surface area contributed by atoms with Gasteiger partial charge in [0.2, 0.25) is 10.0 Å². The summed E-state index contributed by atoms with van der Waals surface area (Å²) in [6.45, 7) is 0.273. The fourth-order valence-corrected chi connectivity index (χ4v) is 3.38. The van der Waals surface area contributed by atoms with Crippen molar-refractivity contribution < 1.29 is 17.2 Å². The second-order valence-electron chi connectivity index (χ2n) is 4.87. The molecule has 2 rings (SSSR count). The van der Waals surface area contributed by atoms with E-state index in [0.29, 0.717) is 6.07 Å². The first kappa shape index (κ1) is 14.4. The summed E-state index contributed by atoms with van der Waals surface area (Å²) in [4.78, 5) is -0.270. The van der Waals surface area contributed by atoms with Crippen molar-refractivity contribution in [3.63, 3.8) is 0 Å². The number of nitrogens with one attached hydrogen (secondary N) is 1. The van der Waals surface area contributed by atoms with Gasteiger partial charge in [0.05, 0.1) is 4.90 Å². The molecule has 1 fully saturated rings. The molecule has 2 unspecified atom stereocenters. The van der Waals surface area contributed by atoms with Crippen LogP contribution in [0.3, 0.4) is 0 Å². The Kier molecular flexibility index (Phi) is 4.17. The summed E-state index contributed by atoms with van der Waals surface area (Å²) in [5.74, 6) is -2.04. The van der Waals surface area contributed by atoms with Crippen LogP contribution < -0.4 is 10.5 Å². The summed E-state index contributed by atoms with van der Waals surface area (Å²) in [5, 5.41) is 0. The first-order chi connectivity index (χ1) is 8.88. The summed E-state index contributed by atoms with van der Waals surface area (Å²) in [6.07, 6.45) is 2.54. The van der Waals surface area contributed by atoms with Gasteiger partial charge in [-0.3, -0.25) is 0 Å². The van der Waals surface area contributed by atoms with E-state index in [-0.39, 0.29) is 23.4 Å². The molecule has 0 spiro atoms. The molecule has 0 bridgehead atoms. The molecule has 1 aromatic rings. The van der Waals surface area contributed by atoms with Crippen molar-refractivity contribution in [3.8, 4) is 0 Å². The highest BCUT2D eigenvalue weighted by Crippen LogP contribution is 2.24. The van der Waals surface area contributed by atoms with Crippen LogP contribution in [0.2, 0.25) is 0 Å². The largest absolute Gasteiger partial charge is 0.328 e. The van der Waals surface area contributed by atoms with Crippen LogP contribution in [0, 0.1) is 17.6 Å². The van der Waals surface area contributed by atoms with Crippen LogP contribution in [0.4, 0.5) is 8.78 Å². The molecule has 0 aliphatic heterocycles. The van der Waals surface area contributed by atoms with Gasteiger partial charge in [-0.05, 0) is 43.4 Å². The Morgan fingerprint density at radius 3 is 2.58 bits per heavy atom. The Balaban J connectivity index is 2.03. The van der Waals surface area contributed by atoms with Gasteiger partial charge in [-0.25, -0.2) is 21.9 Å². The van der Waals surface area contributed by atoms with E-state index in [1.165, 1.54) is 0 Å². The number of nitrogens with two attached hydrogens (primary N) is 1.